The molecule has 0 unspecified atom stereocenters. The fourth-order valence-electron chi connectivity index (χ4n) is 9.69. The van der Waals surface area contributed by atoms with Gasteiger partial charge in [-0.05, 0) is 12.8 Å². The number of ether oxygens (including phenoxy) is 5. The Morgan fingerprint density at radius 3 is 1.01 bits per heavy atom. The van der Waals surface area contributed by atoms with Gasteiger partial charge in [0.05, 0.1) is 26.3 Å². The third kappa shape index (κ3) is 31.5. The molecule has 2 aliphatic rings. The molecular weight excluding hydrogens is 1000 g/mol. The van der Waals surface area contributed by atoms with Gasteiger partial charge in [0.25, 0.3) is 0 Å². The van der Waals surface area contributed by atoms with Crippen molar-refractivity contribution in [3.05, 3.63) is 0 Å². The number of nitrogens with one attached hydrogen (secondary N) is 3. The Bertz CT molecular complexity index is 1410. The van der Waals surface area contributed by atoms with Crippen LogP contribution in [0.25, 0.3) is 0 Å². The van der Waals surface area contributed by atoms with E-state index in [1.165, 1.54) is 154 Å². The van der Waals surface area contributed by atoms with E-state index >= 15 is 0 Å². The highest BCUT2D eigenvalue weighted by Gasteiger charge is 2.46. The van der Waals surface area contributed by atoms with Crippen molar-refractivity contribution in [2.24, 2.45) is 0 Å². The molecule has 21 nitrogen and oxygen atoms in total. The van der Waals surface area contributed by atoms with E-state index in [0.29, 0.717) is 13.1 Å². The van der Waals surface area contributed by atoms with Gasteiger partial charge in [-0.1, -0.05) is 206 Å². The molecule has 452 valence electrons. The van der Waals surface area contributed by atoms with E-state index in [1.54, 1.807) is 4.90 Å². The van der Waals surface area contributed by atoms with Gasteiger partial charge in [0.2, 0.25) is 18.5 Å². The minimum atomic E-state index is -1.90. The van der Waals surface area contributed by atoms with E-state index in [0.717, 1.165) is 51.4 Å². The number of amides is 4. The van der Waals surface area contributed by atoms with Crippen LogP contribution in [0.15, 0.2) is 0 Å². The van der Waals surface area contributed by atoms with Crippen LogP contribution in [-0.4, -0.2) is 183 Å². The smallest absolute Gasteiger partial charge is 0.409 e. The molecule has 0 aliphatic carbocycles. The van der Waals surface area contributed by atoms with Gasteiger partial charge >= 0.3 is 18.3 Å². The van der Waals surface area contributed by atoms with Gasteiger partial charge < -0.3 is 85.4 Å². The standard InChI is InChI=1S/C56H106N4O17/c1-3-5-7-9-11-13-15-17-19-21-23-25-27-29-31-33-35-60(36-34-32-30-28-26-24-22-20-18-16-14-12-10-8-6-4-2)45(63)39-59-54(70)73-42(37-57-55(71)76-52-50(68)48(66)46(64)43(40-61)74-52)38-58-56(72)77-53-51(69)49(67)47(65)44(41-62)75-53/h42-44,46-53,61-62,64-69H,3-41H2,1-2H3,(H,57,71)(H,58,72)(H,59,70)/t43-,44-,46+,47+,48+,49+,50-,51-,52-,53-/m1/s1. The van der Waals surface area contributed by atoms with Crippen molar-refractivity contribution in [2.75, 3.05) is 45.9 Å². The largest absolute Gasteiger partial charge is 0.442 e. The number of aliphatic hydroxyl groups is 8. The number of nitrogens with zero attached hydrogens (tertiary/aromatic N) is 1. The van der Waals surface area contributed by atoms with Gasteiger partial charge in [0, 0.05) is 13.1 Å². The minimum absolute atomic E-state index is 0.303. The Hall–Kier alpha value is -3.12. The summed E-state index contributed by atoms with van der Waals surface area (Å²) < 4.78 is 26.0. The number of hydrogen-bond donors (Lipinski definition) is 11. The quantitative estimate of drug-likeness (QED) is 0.0229. The Labute approximate surface area is 460 Å². The van der Waals surface area contributed by atoms with E-state index in [4.69, 9.17) is 23.7 Å². The highest BCUT2D eigenvalue weighted by atomic mass is 16.7. The maximum Gasteiger partial charge on any atom is 0.409 e. The lowest BCUT2D eigenvalue weighted by atomic mass is 9.99. The van der Waals surface area contributed by atoms with Crippen LogP contribution in [-0.2, 0) is 28.5 Å². The molecule has 2 heterocycles. The molecule has 0 radical (unpaired) electrons. The molecule has 77 heavy (non-hydrogen) atoms. The zero-order valence-electron chi connectivity index (χ0n) is 47.1. The van der Waals surface area contributed by atoms with Gasteiger partial charge in [-0.2, -0.15) is 0 Å². The van der Waals surface area contributed by atoms with Crippen LogP contribution in [0.2, 0.25) is 0 Å². The van der Waals surface area contributed by atoms with E-state index in [-0.39, 0.29) is 5.91 Å². The summed E-state index contributed by atoms with van der Waals surface area (Å²) in [5.41, 5.74) is 0. The Morgan fingerprint density at radius 1 is 0.416 bits per heavy atom. The van der Waals surface area contributed by atoms with Crippen LogP contribution in [0.5, 0.6) is 0 Å². The van der Waals surface area contributed by atoms with E-state index < -0.39 is 119 Å². The number of unbranched alkanes of at least 4 members (excludes halogenated alkanes) is 30. The van der Waals surface area contributed by atoms with Crippen LogP contribution < -0.4 is 16.0 Å². The van der Waals surface area contributed by atoms with Crippen LogP contribution in [0.4, 0.5) is 14.4 Å². The third-order valence-electron chi connectivity index (χ3n) is 14.7. The molecule has 21 heteroatoms. The summed E-state index contributed by atoms with van der Waals surface area (Å²) in [5, 5.41) is 87.0. The molecule has 11 N–H and O–H groups in total. The van der Waals surface area contributed by atoms with Crippen LogP contribution >= 0.6 is 0 Å². The van der Waals surface area contributed by atoms with E-state index in [9.17, 15) is 60.0 Å². The molecule has 2 fully saturated rings. The van der Waals surface area contributed by atoms with Gasteiger partial charge in [-0.3, -0.25) is 4.79 Å². The lowest BCUT2D eigenvalue weighted by Crippen LogP contribution is -2.60. The van der Waals surface area contributed by atoms with Gasteiger partial charge in [-0.15, -0.1) is 0 Å². The van der Waals surface area contributed by atoms with Gasteiger partial charge in [0.1, 0.15) is 61.5 Å². The molecule has 2 aliphatic heterocycles. The summed E-state index contributed by atoms with van der Waals surface area (Å²) in [4.78, 5) is 54.4. The molecule has 10 atom stereocenters. The molecule has 0 bridgehead atoms. The predicted molar refractivity (Wildman–Crippen MR) is 290 cm³/mol. The summed E-state index contributed by atoms with van der Waals surface area (Å²) in [6, 6.07) is 0. The first-order valence-corrected chi connectivity index (χ1v) is 30.0. The van der Waals surface area contributed by atoms with Crippen LogP contribution in [0, 0.1) is 0 Å². The summed E-state index contributed by atoms with van der Waals surface area (Å²) in [7, 11) is 0. The molecule has 0 spiro atoms. The van der Waals surface area contributed by atoms with Crippen molar-refractivity contribution >= 4 is 24.2 Å². The van der Waals surface area contributed by atoms with Crippen molar-refractivity contribution in [1.82, 2.24) is 20.9 Å². The van der Waals surface area contributed by atoms with Crippen molar-refractivity contribution in [2.45, 2.75) is 287 Å². The second kappa shape index (κ2) is 44.6. The molecule has 2 saturated heterocycles. The summed E-state index contributed by atoms with van der Waals surface area (Å²) in [6.07, 6.45) is 17.3. The monoisotopic (exact) mass is 1110 g/mol. The normalized spacial score (nSPS) is 23.4. The summed E-state index contributed by atoms with van der Waals surface area (Å²) in [5.74, 6) is -0.303. The third-order valence-corrected chi connectivity index (χ3v) is 14.7. The topological polar surface area (TPSA) is 316 Å². The zero-order chi connectivity index (χ0) is 56.5. The van der Waals surface area contributed by atoms with Crippen LogP contribution in [0.1, 0.15) is 219 Å². The molecule has 0 aromatic rings. The average molecular weight is 1110 g/mol. The van der Waals surface area contributed by atoms with Crippen molar-refractivity contribution in [1.29, 1.82) is 0 Å². The Kier molecular flexibility index (Phi) is 40.5. The number of rotatable bonds is 45. The molecule has 0 aromatic carbocycles. The zero-order valence-corrected chi connectivity index (χ0v) is 47.1. The first kappa shape index (κ1) is 70.0. The number of carbonyl (C=O) groups is 4. The second-order valence-corrected chi connectivity index (χ2v) is 21.3. The van der Waals surface area contributed by atoms with Crippen molar-refractivity contribution in [3.63, 3.8) is 0 Å². The lowest BCUT2D eigenvalue weighted by Gasteiger charge is -2.39. The summed E-state index contributed by atoms with van der Waals surface area (Å²) >= 11 is 0. The number of carbonyl (C=O) groups excluding carboxylic acids is 4. The van der Waals surface area contributed by atoms with Crippen molar-refractivity contribution in [3.8, 4) is 0 Å². The number of alkyl carbamates (subject to hydrolysis) is 3. The second-order valence-electron chi connectivity index (χ2n) is 21.3. The fourth-order valence-corrected chi connectivity index (χ4v) is 9.69. The van der Waals surface area contributed by atoms with E-state index in [2.05, 4.69) is 29.8 Å². The Morgan fingerprint density at radius 2 is 0.714 bits per heavy atom. The maximum absolute atomic E-state index is 13.7. The molecule has 2 rings (SSSR count). The first-order valence-electron chi connectivity index (χ1n) is 30.0. The molecule has 4 amide bonds. The lowest BCUT2D eigenvalue weighted by molar-refractivity contribution is -0.285. The molecule has 0 aromatic heterocycles. The maximum atomic E-state index is 13.7. The average Bonchev–Trinajstić information content (AvgIpc) is 3.42. The first-order chi connectivity index (χ1) is 37.3. The van der Waals surface area contributed by atoms with E-state index in [1.807, 2.05) is 0 Å². The molecule has 0 saturated carbocycles. The summed E-state index contributed by atoms with van der Waals surface area (Å²) in [6.45, 7) is 2.49. The van der Waals surface area contributed by atoms with Crippen LogP contribution in [0.3, 0.4) is 0 Å². The SMILES string of the molecule is CCCCCCCCCCCCCCCCCCN(CCCCCCCCCCCCCCCCCC)C(=O)CNC(=O)OC(CNC(=O)O[C@H]1O[C@H](CO)[C@H](O)[C@H](O)[C@H]1O)CNC(=O)O[C@H]1O[C@H](CO)[C@H](O)[C@H](O)[C@H]1O. The van der Waals surface area contributed by atoms with Crippen molar-refractivity contribution < 1.29 is 83.7 Å². The van der Waals surface area contributed by atoms with Gasteiger partial charge in [0.15, 0.2) is 0 Å². The van der Waals surface area contributed by atoms with Gasteiger partial charge in [-0.25, -0.2) is 14.4 Å². The highest BCUT2D eigenvalue weighted by molar-refractivity contribution is 5.82. The minimum Gasteiger partial charge on any atom is -0.442 e. The Balaban J connectivity index is 1.94. The molecular formula is C56H106N4O17. The number of aliphatic hydroxyl groups excluding tert-OH is 8. The number of hydrogen-bond acceptors (Lipinski definition) is 17. The predicted octanol–water partition coefficient (Wildman–Crippen LogP) is 6.49. The fraction of sp³-hybridized carbons (Fsp3) is 0.929. The highest BCUT2D eigenvalue weighted by Crippen LogP contribution is 2.24.